The number of hydrogen-bond donors (Lipinski definition) is 1. The molecule has 0 bridgehead atoms. The highest BCUT2D eigenvalue weighted by Gasteiger charge is 2.23. The van der Waals surface area contributed by atoms with Crippen LogP contribution in [0.1, 0.15) is 44.5 Å². The minimum Gasteiger partial charge on any atom is -0.309 e. The summed E-state index contributed by atoms with van der Waals surface area (Å²) in [4.78, 5) is 17.8. The summed E-state index contributed by atoms with van der Waals surface area (Å²) in [5.74, 6) is 0.0355. The fourth-order valence-electron chi connectivity index (χ4n) is 3.99. The predicted molar refractivity (Wildman–Crippen MR) is 102 cm³/mol. The van der Waals surface area contributed by atoms with Gasteiger partial charge in [0.25, 0.3) is 5.56 Å². The van der Waals surface area contributed by atoms with Crippen molar-refractivity contribution in [2.45, 2.75) is 38.8 Å². The lowest BCUT2D eigenvalue weighted by Crippen LogP contribution is -2.25. The van der Waals surface area contributed by atoms with E-state index in [9.17, 15) is 9.18 Å². The molecule has 1 N–H and O–H groups in total. The molecule has 4 heterocycles. The molecule has 5 rings (SSSR count). The minimum absolute atomic E-state index is 0.140. The second-order valence-electron chi connectivity index (χ2n) is 7.43. The molecule has 8 nitrogen and oxygen atoms in total. The van der Waals surface area contributed by atoms with E-state index in [-0.39, 0.29) is 23.5 Å². The van der Waals surface area contributed by atoms with Gasteiger partial charge in [-0.3, -0.25) is 9.20 Å². The maximum atomic E-state index is 13.9. The van der Waals surface area contributed by atoms with Crippen molar-refractivity contribution < 1.29 is 4.39 Å². The van der Waals surface area contributed by atoms with Crippen LogP contribution < -0.4 is 10.9 Å². The highest BCUT2D eigenvalue weighted by molar-refractivity contribution is 5.81. The van der Waals surface area contributed by atoms with Crippen LogP contribution in [0.5, 0.6) is 0 Å². The Kier molecular flexibility index (Phi) is 3.80. The minimum atomic E-state index is -0.383. The zero-order chi connectivity index (χ0) is 19.4. The van der Waals surface area contributed by atoms with Crippen molar-refractivity contribution in [3.8, 4) is 5.82 Å². The van der Waals surface area contributed by atoms with Crippen LogP contribution in [0.2, 0.25) is 0 Å². The molecule has 0 aliphatic carbocycles. The molecule has 0 radical (unpaired) electrons. The van der Waals surface area contributed by atoms with Crippen molar-refractivity contribution in [3.63, 3.8) is 0 Å². The van der Waals surface area contributed by atoms with E-state index >= 15 is 0 Å². The number of rotatable bonds is 3. The number of nitrogens with zero attached hydrogens (tertiary/aromatic N) is 6. The van der Waals surface area contributed by atoms with Gasteiger partial charge in [-0.15, -0.1) is 5.10 Å². The molecule has 1 aliphatic rings. The maximum Gasteiger partial charge on any atom is 0.279 e. The van der Waals surface area contributed by atoms with Crippen molar-refractivity contribution in [2.75, 3.05) is 6.54 Å². The first-order valence-corrected chi connectivity index (χ1v) is 9.41. The summed E-state index contributed by atoms with van der Waals surface area (Å²) in [6.45, 7) is 4.77. The van der Waals surface area contributed by atoms with Gasteiger partial charge in [0.2, 0.25) is 0 Å². The van der Waals surface area contributed by atoms with Crippen molar-refractivity contribution in [1.29, 1.82) is 0 Å². The van der Waals surface area contributed by atoms with Crippen molar-refractivity contribution in [1.82, 2.24) is 34.3 Å². The second-order valence-corrected chi connectivity index (χ2v) is 7.43. The Hall–Kier alpha value is -3.07. The molecule has 0 amide bonds. The number of halogens is 1. The van der Waals surface area contributed by atoms with Gasteiger partial charge >= 0.3 is 0 Å². The number of fused-ring (bicyclic) bond motifs is 3. The molecule has 28 heavy (non-hydrogen) atoms. The fourth-order valence-corrected chi connectivity index (χ4v) is 3.99. The number of imidazole rings is 1. The first-order chi connectivity index (χ1) is 13.5. The van der Waals surface area contributed by atoms with E-state index in [4.69, 9.17) is 0 Å². The van der Waals surface area contributed by atoms with E-state index in [2.05, 4.69) is 20.6 Å². The van der Waals surface area contributed by atoms with Crippen molar-refractivity contribution >= 4 is 16.6 Å². The third-order valence-corrected chi connectivity index (χ3v) is 5.29. The number of benzene rings is 1. The molecule has 1 saturated heterocycles. The Morgan fingerprint density at radius 2 is 2.14 bits per heavy atom. The molecule has 4 aromatic rings. The Morgan fingerprint density at radius 3 is 2.89 bits per heavy atom. The molecule has 1 aliphatic heterocycles. The summed E-state index contributed by atoms with van der Waals surface area (Å²) in [6, 6.07) is 4.47. The molecule has 1 fully saturated rings. The van der Waals surface area contributed by atoms with Crippen LogP contribution in [-0.4, -0.2) is 35.5 Å². The fraction of sp³-hybridized carbons (Fsp3) is 0.368. The summed E-state index contributed by atoms with van der Waals surface area (Å²) < 4.78 is 18.7. The quantitative estimate of drug-likeness (QED) is 0.589. The number of aromatic nitrogens is 6. The van der Waals surface area contributed by atoms with E-state index in [1.807, 2.05) is 20.0 Å². The van der Waals surface area contributed by atoms with Crippen LogP contribution in [0.25, 0.3) is 22.4 Å². The summed E-state index contributed by atoms with van der Waals surface area (Å²) in [6.07, 6.45) is 5.51. The van der Waals surface area contributed by atoms with Crippen LogP contribution in [0.3, 0.4) is 0 Å². The first kappa shape index (κ1) is 17.1. The van der Waals surface area contributed by atoms with Gasteiger partial charge in [0, 0.05) is 6.04 Å². The lowest BCUT2D eigenvalue weighted by Gasteiger charge is -2.15. The van der Waals surface area contributed by atoms with E-state index in [0.717, 1.165) is 25.1 Å². The van der Waals surface area contributed by atoms with Gasteiger partial charge in [0.15, 0.2) is 11.3 Å². The van der Waals surface area contributed by atoms with Gasteiger partial charge in [0.05, 0.1) is 23.3 Å². The molecular formula is C19H20FN7O. The third kappa shape index (κ3) is 2.46. The van der Waals surface area contributed by atoms with Crippen molar-refractivity contribution in [3.05, 3.63) is 52.6 Å². The SMILES string of the molecule is CC(C)n1c(=O)c2c(-n3cc(C4CCCN4)nn3)ncn2c2ccc(F)cc21. The van der Waals surface area contributed by atoms with E-state index < -0.39 is 0 Å². The second kappa shape index (κ2) is 6.23. The Balaban J connectivity index is 1.77. The molecular weight excluding hydrogens is 361 g/mol. The predicted octanol–water partition coefficient (Wildman–Crippen LogP) is 2.37. The van der Waals surface area contributed by atoms with Gasteiger partial charge in [-0.1, -0.05) is 5.21 Å². The van der Waals surface area contributed by atoms with Crippen LogP contribution in [0.4, 0.5) is 4.39 Å². The molecule has 1 unspecified atom stereocenters. The van der Waals surface area contributed by atoms with Gasteiger partial charge in [0.1, 0.15) is 17.8 Å². The Bertz CT molecular complexity index is 1250. The molecule has 9 heteroatoms. The van der Waals surface area contributed by atoms with Gasteiger partial charge in [-0.2, -0.15) is 4.68 Å². The highest BCUT2D eigenvalue weighted by atomic mass is 19.1. The largest absolute Gasteiger partial charge is 0.309 e. The molecule has 144 valence electrons. The molecule has 1 aromatic carbocycles. The van der Waals surface area contributed by atoms with E-state index in [1.54, 1.807) is 26.0 Å². The first-order valence-electron chi connectivity index (χ1n) is 9.41. The highest BCUT2D eigenvalue weighted by Crippen LogP contribution is 2.24. The topological polar surface area (TPSA) is 82.0 Å². The normalized spacial score (nSPS) is 17.4. The van der Waals surface area contributed by atoms with Gasteiger partial charge < -0.3 is 9.88 Å². The average Bonchev–Trinajstić information content (AvgIpc) is 3.40. The Labute approximate surface area is 159 Å². The van der Waals surface area contributed by atoms with Gasteiger partial charge in [-0.25, -0.2) is 9.37 Å². The van der Waals surface area contributed by atoms with E-state index in [0.29, 0.717) is 22.4 Å². The van der Waals surface area contributed by atoms with Crippen LogP contribution >= 0.6 is 0 Å². The zero-order valence-corrected chi connectivity index (χ0v) is 15.6. The standard InChI is InChI=1S/C19H20FN7O/c1-11(2)27-16-8-12(20)5-6-15(16)25-10-22-18(17(25)19(27)28)26-9-14(23-24-26)13-4-3-7-21-13/h5-6,8-11,13,21H,3-4,7H2,1-2H3. The zero-order valence-electron chi connectivity index (χ0n) is 15.6. The van der Waals surface area contributed by atoms with E-state index in [1.165, 1.54) is 12.1 Å². The van der Waals surface area contributed by atoms with Crippen LogP contribution in [-0.2, 0) is 0 Å². The molecule has 0 saturated carbocycles. The van der Waals surface area contributed by atoms with Gasteiger partial charge in [-0.05, 0) is 51.4 Å². The average molecular weight is 381 g/mol. The summed E-state index contributed by atoms with van der Waals surface area (Å²) in [7, 11) is 0. The number of hydrogen-bond acceptors (Lipinski definition) is 5. The molecule has 0 spiro atoms. The monoisotopic (exact) mass is 381 g/mol. The smallest absolute Gasteiger partial charge is 0.279 e. The summed E-state index contributed by atoms with van der Waals surface area (Å²) in [5, 5.41) is 11.9. The van der Waals surface area contributed by atoms with Crippen LogP contribution in [0, 0.1) is 5.82 Å². The Morgan fingerprint density at radius 1 is 1.29 bits per heavy atom. The third-order valence-electron chi connectivity index (χ3n) is 5.29. The van der Waals surface area contributed by atoms with Crippen LogP contribution in [0.15, 0.2) is 35.5 Å². The summed E-state index contributed by atoms with van der Waals surface area (Å²) >= 11 is 0. The lowest BCUT2D eigenvalue weighted by atomic mass is 10.2. The number of nitrogens with one attached hydrogen (secondary N) is 1. The molecule has 3 aromatic heterocycles. The summed E-state index contributed by atoms with van der Waals surface area (Å²) in [5.41, 5.74) is 2.23. The lowest BCUT2D eigenvalue weighted by molar-refractivity contribution is 0.593. The molecule has 1 atom stereocenters. The van der Waals surface area contributed by atoms with Crippen molar-refractivity contribution in [2.24, 2.45) is 0 Å². The maximum absolute atomic E-state index is 13.9.